The fourth-order valence-corrected chi connectivity index (χ4v) is 12.2. The Balaban J connectivity index is 0.00000255. The second kappa shape index (κ2) is 18.3. The number of allylic oxidation sites excluding steroid dienone is 4. The molecule has 2 heteroatoms. The van der Waals surface area contributed by atoms with Gasteiger partial charge in [0, 0.05) is 33.1 Å². The highest BCUT2D eigenvalue weighted by Gasteiger charge is 2.46. The SMILES string of the molecule is C1=C(c2ccc3c4ccccc4n(-c4ccc5c(c4)C(c4ccccc4)(c4ccccc4)c4ccccc4-5)c3c2)C(c2ccccc2N(c2ccc3ccccc3c2)c2cccc3ccccc23)=CCC1.CC. The minimum Gasteiger partial charge on any atom is -0.309 e. The quantitative estimate of drug-likeness (QED) is 0.147. The van der Waals surface area contributed by atoms with E-state index in [1.54, 1.807) is 0 Å². The average molecular weight is 935 g/mol. The van der Waals surface area contributed by atoms with Gasteiger partial charge in [-0.05, 0) is 128 Å². The summed E-state index contributed by atoms with van der Waals surface area (Å²) in [7, 11) is 0. The van der Waals surface area contributed by atoms with Crippen molar-refractivity contribution in [3.63, 3.8) is 0 Å². The van der Waals surface area contributed by atoms with Crippen molar-refractivity contribution >= 4 is 71.6 Å². The van der Waals surface area contributed by atoms with E-state index in [-0.39, 0.29) is 0 Å². The van der Waals surface area contributed by atoms with E-state index >= 15 is 0 Å². The molecule has 0 saturated carbocycles. The number of para-hydroxylation sites is 2. The number of anilines is 3. The van der Waals surface area contributed by atoms with E-state index in [0.717, 1.165) is 35.6 Å². The third-order valence-electron chi connectivity index (χ3n) is 15.3. The Morgan fingerprint density at radius 2 is 0.959 bits per heavy atom. The molecule has 0 atom stereocenters. The first-order chi connectivity index (χ1) is 36.2. The van der Waals surface area contributed by atoms with Gasteiger partial charge in [0.25, 0.3) is 0 Å². The summed E-state index contributed by atoms with van der Waals surface area (Å²) in [6.07, 6.45) is 6.90. The number of nitrogens with zero attached hydrogens (tertiary/aromatic N) is 2. The Hall–Kier alpha value is -8.98. The molecule has 11 aromatic carbocycles. The highest BCUT2D eigenvalue weighted by molar-refractivity contribution is 6.14. The summed E-state index contributed by atoms with van der Waals surface area (Å²) >= 11 is 0. The van der Waals surface area contributed by atoms with Crippen molar-refractivity contribution in [1.82, 2.24) is 4.57 Å². The summed E-state index contributed by atoms with van der Waals surface area (Å²) < 4.78 is 2.51. The Bertz CT molecular complexity index is 4070. The Kier molecular flexibility index (Phi) is 11.0. The van der Waals surface area contributed by atoms with Gasteiger partial charge in [-0.3, -0.25) is 0 Å². The molecule has 73 heavy (non-hydrogen) atoms. The van der Waals surface area contributed by atoms with E-state index in [4.69, 9.17) is 0 Å². The second-order valence-corrected chi connectivity index (χ2v) is 19.0. The van der Waals surface area contributed by atoms with Gasteiger partial charge in [-0.15, -0.1) is 0 Å². The number of fused-ring (bicyclic) bond motifs is 8. The zero-order valence-electron chi connectivity index (χ0n) is 41.2. The molecular weight excluding hydrogens is 881 g/mol. The molecule has 0 amide bonds. The van der Waals surface area contributed by atoms with Crippen LogP contribution < -0.4 is 4.90 Å². The molecule has 2 aliphatic rings. The third kappa shape index (κ3) is 7.08. The van der Waals surface area contributed by atoms with E-state index in [1.807, 2.05) is 13.8 Å². The molecule has 1 aromatic heterocycles. The van der Waals surface area contributed by atoms with Crippen LogP contribution in [-0.2, 0) is 5.41 Å². The molecule has 0 unspecified atom stereocenters. The maximum absolute atomic E-state index is 2.51. The summed E-state index contributed by atoms with van der Waals surface area (Å²) in [6.45, 7) is 4.00. The van der Waals surface area contributed by atoms with Gasteiger partial charge >= 0.3 is 0 Å². The van der Waals surface area contributed by atoms with Gasteiger partial charge in [0.1, 0.15) is 0 Å². The van der Waals surface area contributed by atoms with Crippen molar-refractivity contribution in [2.45, 2.75) is 32.1 Å². The van der Waals surface area contributed by atoms with Crippen molar-refractivity contribution in [2.75, 3.05) is 4.90 Å². The van der Waals surface area contributed by atoms with Crippen LogP contribution >= 0.6 is 0 Å². The Morgan fingerprint density at radius 1 is 0.370 bits per heavy atom. The zero-order chi connectivity index (χ0) is 48.9. The van der Waals surface area contributed by atoms with Crippen LogP contribution in [0.1, 0.15) is 60.1 Å². The number of rotatable bonds is 8. The lowest BCUT2D eigenvalue weighted by molar-refractivity contribution is 0.767. The molecule has 14 rings (SSSR count). The maximum atomic E-state index is 2.51. The molecule has 0 N–H and O–H groups in total. The first kappa shape index (κ1) is 44.0. The summed E-state index contributed by atoms with van der Waals surface area (Å²) in [5.41, 5.74) is 19.1. The van der Waals surface area contributed by atoms with Crippen molar-refractivity contribution in [2.24, 2.45) is 0 Å². The second-order valence-electron chi connectivity index (χ2n) is 19.0. The number of benzene rings is 11. The maximum Gasteiger partial charge on any atom is 0.0714 e. The van der Waals surface area contributed by atoms with Gasteiger partial charge in [-0.2, -0.15) is 0 Å². The molecule has 0 fully saturated rings. The fraction of sp³-hybridized carbons (Fsp3) is 0.0704. The van der Waals surface area contributed by atoms with Crippen LogP contribution in [0.4, 0.5) is 17.1 Å². The van der Waals surface area contributed by atoms with E-state index in [1.165, 1.54) is 99.0 Å². The van der Waals surface area contributed by atoms with Gasteiger partial charge in [0.15, 0.2) is 0 Å². The molecule has 0 spiro atoms. The average Bonchev–Trinajstić information content (AvgIpc) is 3.96. The third-order valence-corrected chi connectivity index (χ3v) is 15.3. The topological polar surface area (TPSA) is 8.17 Å². The van der Waals surface area contributed by atoms with Crippen molar-refractivity contribution in [3.8, 4) is 16.8 Å². The van der Waals surface area contributed by atoms with Crippen LogP contribution in [0, 0.1) is 0 Å². The minimum atomic E-state index is -0.499. The molecule has 12 aromatic rings. The van der Waals surface area contributed by atoms with Gasteiger partial charge in [-0.1, -0.05) is 232 Å². The van der Waals surface area contributed by atoms with E-state index in [2.05, 4.69) is 276 Å². The summed E-state index contributed by atoms with van der Waals surface area (Å²) in [6, 6.07) is 94.6. The number of aromatic nitrogens is 1. The highest BCUT2D eigenvalue weighted by atomic mass is 15.1. The fourth-order valence-electron chi connectivity index (χ4n) is 12.2. The molecule has 0 saturated heterocycles. The molecule has 0 aliphatic heterocycles. The molecule has 0 bridgehead atoms. The number of hydrogen-bond acceptors (Lipinski definition) is 1. The molecular formula is C71H54N2. The van der Waals surface area contributed by atoms with Crippen LogP contribution in [0.5, 0.6) is 0 Å². The summed E-state index contributed by atoms with van der Waals surface area (Å²) in [5, 5.41) is 7.36. The number of hydrogen-bond donors (Lipinski definition) is 0. The lowest BCUT2D eigenvalue weighted by Gasteiger charge is -2.34. The summed E-state index contributed by atoms with van der Waals surface area (Å²) in [4.78, 5) is 2.48. The minimum absolute atomic E-state index is 0.499. The first-order valence-electron chi connectivity index (χ1n) is 25.9. The van der Waals surface area contributed by atoms with Gasteiger partial charge < -0.3 is 9.47 Å². The Morgan fingerprint density at radius 3 is 1.75 bits per heavy atom. The molecule has 2 nitrogen and oxygen atoms in total. The van der Waals surface area contributed by atoms with E-state index in [9.17, 15) is 0 Å². The van der Waals surface area contributed by atoms with Gasteiger partial charge in [-0.25, -0.2) is 0 Å². The van der Waals surface area contributed by atoms with Crippen LogP contribution in [0.3, 0.4) is 0 Å². The predicted molar refractivity (Wildman–Crippen MR) is 311 cm³/mol. The van der Waals surface area contributed by atoms with Crippen LogP contribution in [0.15, 0.2) is 267 Å². The highest BCUT2D eigenvalue weighted by Crippen LogP contribution is 2.57. The first-order valence-corrected chi connectivity index (χ1v) is 25.9. The lowest BCUT2D eigenvalue weighted by atomic mass is 9.67. The smallest absolute Gasteiger partial charge is 0.0714 e. The largest absolute Gasteiger partial charge is 0.309 e. The monoisotopic (exact) mass is 934 g/mol. The summed E-state index contributed by atoms with van der Waals surface area (Å²) in [5.74, 6) is 0. The Labute approximate surface area is 428 Å². The van der Waals surface area contributed by atoms with Crippen LogP contribution in [0.2, 0.25) is 0 Å². The zero-order valence-corrected chi connectivity index (χ0v) is 41.2. The molecule has 348 valence electrons. The van der Waals surface area contributed by atoms with Crippen molar-refractivity contribution < 1.29 is 0 Å². The molecule has 1 heterocycles. The van der Waals surface area contributed by atoms with E-state index in [0.29, 0.717) is 0 Å². The van der Waals surface area contributed by atoms with Crippen molar-refractivity contribution in [1.29, 1.82) is 0 Å². The normalized spacial score (nSPS) is 13.5. The van der Waals surface area contributed by atoms with Gasteiger partial charge in [0.05, 0.1) is 27.8 Å². The van der Waals surface area contributed by atoms with Crippen molar-refractivity contribution in [3.05, 3.63) is 300 Å². The van der Waals surface area contributed by atoms with Crippen LogP contribution in [-0.4, -0.2) is 4.57 Å². The predicted octanol–water partition coefficient (Wildman–Crippen LogP) is 19.2. The standard InChI is InChI=1S/C69H48N2.C2H6/c1-3-24-51(25-4-1)69(52-26-5-2-6-27-52)63-34-16-13-31-58(63)59-43-41-54(46-64(59)69)71-67-36-18-15-33-61(67)62-42-39-50(45-68(62)71)55-28-11-12-30-57(55)60-32-14-17-35-66(60)70(53-40-38-47-20-7-8-22-49(47)44-53)65-37-19-23-48-21-9-10-29-56(48)65;1-2/h1-10,13-46H,11-12H2;1-2H3. The molecule has 0 radical (unpaired) electrons. The lowest BCUT2D eigenvalue weighted by Crippen LogP contribution is -2.28. The van der Waals surface area contributed by atoms with Crippen LogP contribution in [0.25, 0.3) is 71.3 Å². The molecule has 2 aliphatic carbocycles. The van der Waals surface area contributed by atoms with E-state index < -0.39 is 5.41 Å². The van der Waals surface area contributed by atoms with Gasteiger partial charge in [0.2, 0.25) is 0 Å².